The fraction of sp³-hybridized carbons (Fsp3) is 0.533. The number of carbonyl (C=O) groups excluding carboxylic acids is 1. The molecule has 0 aromatic heterocycles. The Bertz CT molecular complexity index is 765. The third kappa shape index (κ3) is 2.55. The SMILES string of the molecule is CCOC(=O)c1cc(Cl)c2c(c1C)C1(CCS2(=O)=O)OCCO1. The van der Waals surface area contributed by atoms with Crippen molar-refractivity contribution in [2.45, 2.75) is 31.0 Å². The molecule has 1 aromatic carbocycles. The number of rotatable bonds is 2. The fourth-order valence-corrected chi connectivity index (χ4v) is 5.42. The van der Waals surface area contributed by atoms with Crippen molar-refractivity contribution in [3.63, 3.8) is 0 Å². The van der Waals surface area contributed by atoms with E-state index in [1.165, 1.54) is 6.07 Å². The number of sulfone groups is 1. The first-order valence-electron chi connectivity index (χ1n) is 7.34. The second-order valence-electron chi connectivity index (χ2n) is 5.47. The highest BCUT2D eigenvalue weighted by Crippen LogP contribution is 2.47. The van der Waals surface area contributed by atoms with Crippen LogP contribution in [0, 0.1) is 6.92 Å². The summed E-state index contributed by atoms with van der Waals surface area (Å²) in [6, 6.07) is 1.35. The molecule has 1 aromatic rings. The molecule has 2 aliphatic heterocycles. The van der Waals surface area contributed by atoms with Gasteiger partial charge in [-0.2, -0.15) is 0 Å². The van der Waals surface area contributed by atoms with Crippen LogP contribution in [0.1, 0.15) is 34.8 Å². The summed E-state index contributed by atoms with van der Waals surface area (Å²) >= 11 is 6.21. The fourth-order valence-electron chi connectivity index (χ4n) is 3.15. The number of esters is 1. The molecule has 8 heteroatoms. The predicted molar refractivity (Wildman–Crippen MR) is 82.4 cm³/mol. The zero-order valence-corrected chi connectivity index (χ0v) is 14.4. The summed E-state index contributed by atoms with van der Waals surface area (Å²) in [4.78, 5) is 12.2. The standard InChI is InChI=1S/C15H17ClO6S/c1-3-20-14(17)10-8-11(16)13-12(9(10)2)15(21-5-6-22-15)4-7-23(13,18)19/h8H,3-7H2,1-2H3. The summed E-state index contributed by atoms with van der Waals surface area (Å²) in [6.07, 6.45) is 0.172. The number of carbonyl (C=O) groups is 1. The van der Waals surface area contributed by atoms with Gasteiger partial charge in [-0.15, -0.1) is 0 Å². The third-order valence-electron chi connectivity index (χ3n) is 4.13. The van der Waals surface area contributed by atoms with Gasteiger partial charge in [-0.25, -0.2) is 13.2 Å². The lowest BCUT2D eigenvalue weighted by atomic mass is 9.93. The first kappa shape index (κ1) is 16.7. The maximum Gasteiger partial charge on any atom is 0.338 e. The van der Waals surface area contributed by atoms with Crippen molar-refractivity contribution >= 4 is 27.4 Å². The zero-order valence-electron chi connectivity index (χ0n) is 12.8. The Morgan fingerprint density at radius 1 is 1.39 bits per heavy atom. The summed E-state index contributed by atoms with van der Waals surface area (Å²) in [5, 5.41) is -0.00757. The molecule has 126 valence electrons. The molecule has 6 nitrogen and oxygen atoms in total. The summed E-state index contributed by atoms with van der Waals surface area (Å²) in [5.74, 6) is -1.82. The normalized spacial score (nSPS) is 21.2. The largest absolute Gasteiger partial charge is 0.462 e. The molecule has 0 N–H and O–H groups in total. The van der Waals surface area contributed by atoms with E-state index in [1.54, 1.807) is 13.8 Å². The Morgan fingerprint density at radius 3 is 2.65 bits per heavy atom. The van der Waals surface area contributed by atoms with E-state index in [1.807, 2.05) is 0 Å². The van der Waals surface area contributed by atoms with Crippen LogP contribution >= 0.6 is 11.6 Å². The second-order valence-corrected chi connectivity index (χ2v) is 7.93. The van der Waals surface area contributed by atoms with Gasteiger partial charge in [0, 0.05) is 12.0 Å². The van der Waals surface area contributed by atoms with E-state index in [-0.39, 0.29) is 34.3 Å². The van der Waals surface area contributed by atoms with E-state index in [9.17, 15) is 13.2 Å². The molecule has 1 saturated heterocycles. The smallest absolute Gasteiger partial charge is 0.338 e. The Labute approximate surface area is 139 Å². The van der Waals surface area contributed by atoms with Crippen molar-refractivity contribution in [2.24, 2.45) is 0 Å². The number of benzene rings is 1. The highest BCUT2D eigenvalue weighted by atomic mass is 35.5. The number of ether oxygens (including phenoxy) is 3. The maximum absolute atomic E-state index is 12.5. The average molecular weight is 361 g/mol. The Kier molecular flexibility index (Phi) is 4.16. The molecule has 0 unspecified atom stereocenters. The number of hydrogen-bond acceptors (Lipinski definition) is 6. The van der Waals surface area contributed by atoms with Crippen LogP contribution in [-0.2, 0) is 29.8 Å². The Balaban J connectivity index is 2.30. The first-order chi connectivity index (χ1) is 10.8. The molecule has 23 heavy (non-hydrogen) atoms. The lowest BCUT2D eigenvalue weighted by molar-refractivity contribution is -0.170. The van der Waals surface area contributed by atoms with Crippen molar-refractivity contribution < 1.29 is 27.4 Å². The van der Waals surface area contributed by atoms with E-state index in [0.29, 0.717) is 24.3 Å². The minimum atomic E-state index is -3.56. The number of hydrogen-bond donors (Lipinski definition) is 0. The zero-order chi connectivity index (χ0) is 16.8. The third-order valence-corrected chi connectivity index (χ3v) is 6.33. The molecule has 0 bridgehead atoms. The van der Waals surface area contributed by atoms with E-state index in [2.05, 4.69) is 0 Å². The highest BCUT2D eigenvalue weighted by molar-refractivity contribution is 7.91. The van der Waals surface area contributed by atoms with Gasteiger partial charge in [0.1, 0.15) is 0 Å². The summed E-state index contributed by atoms with van der Waals surface area (Å²) in [5.41, 5.74) is 1.02. The van der Waals surface area contributed by atoms with Crippen LogP contribution in [0.2, 0.25) is 5.02 Å². The van der Waals surface area contributed by atoms with Gasteiger partial charge < -0.3 is 14.2 Å². The topological polar surface area (TPSA) is 78.9 Å². The summed E-state index contributed by atoms with van der Waals surface area (Å²) in [7, 11) is -3.56. The van der Waals surface area contributed by atoms with E-state index < -0.39 is 21.6 Å². The Hall–Kier alpha value is -1.15. The van der Waals surface area contributed by atoms with E-state index in [4.69, 9.17) is 25.8 Å². The van der Waals surface area contributed by atoms with Gasteiger partial charge in [0.15, 0.2) is 15.6 Å². The molecule has 0 amide bonds. The molecule has 0 radical (unpaired) electrons. The van der Waals surface area contributed by atoms with Crippen LogP contribution in [0.4, 0.5) is 0 Å². The maximum atomic E-state index is 12.5. The minimum Gasteiger partial charge on any atom is -0.462 e. The monoisotopic (exact) mass is 360 g/mol. The van der Waals surface area contributed by atoms with Gasteiger partial charge in [0.2, 0.25) is 0 Å². The van der Waals surface area contributed by atoms with Crippen LogP contribution < -0.4 is 0 Å². The van der Waals surface area contributed by atoms with Crippen LogP contribution in [0.15, 0.2) is 11.0 Å². The van der Waals surface area contributed by atoms with Crippen LogP contribution in [0.3, 0.4) is 0 Å². The highest BCUT2D eigenvalue weighted by Gasteiger charge is 2.49. The van der Waals surface area contributed by atoms with Crippen molar-refractivity contribution in [1.29, 1.82) is 0 Å². The summed E-state index contributed by atoms with van der Waals surface area (Å²) < 4.78 is 41.5. The van der Waals surface area contributed by atoms with Gasteiger partial charge in [-0.1, -0.05) is 11.6 Å². The molecule has 3 rings (SSSR count). The van der Waals surface area contributed by atoms with Crippen molar-refractivity contribution in [1.82, 2.24) is 0 Å². The molecule has 0 atom stereocenters. The molecule has 2 aliphatic rings. The van der Waals surface area contributed by atoms with Crippen LogP contribution in [0.25, 0.3) is 0 Å². The van der Waals surface area contributed by atoms with Crippen molar-refractivity contribution in [3.05, 3.63) is 27.8 Å². The van der Waals surface area contributed by atoms with Crippen molar-refractivity contribution in [3.8, 4) is 0 Å². The van der Waals surface area contributed by atoms with Gasteiger partial charge in [-0.05, 0) is 25.5 Å². The molecular weight excluding hydrogens is 344 g/mol. The lowest BCUT2D eigenvalue weighted by Gasteiger charge is -2.35. The average Bonchev–Trinajstić information content (AvgIpc) is 2.95. The van der Waals surface area contributed by atoms with Crippen LogP contribution in [-0.4, -0.2) is 40.0 Å². The number of fused-ring (bicyclic) bond motifs is 2. The van der Waals surface area contributed by atoms with Gasteiger partial charge in [-0.3, -0.25) is 0 Å². The van der Waals surface area contributed by atoms with Gasteiger partial charge >= 0.3 is 5.97 Å². The first-order valence-corrected chi connectivity index (χ1v) is 9.37. The molecule has 0 aliphatic carbocycles. The molecule has 1 fully saturated rings. The predicted octanol–water partition coefficient (Wildman–Crippen LogP) is 2.20. The minimum absolute atomic E-state index is 0.00198. The van der Waals surface area contributed by atoms with Gasteiger partial charge in [0.05, 0.1) is 41.1 Å². The van der Waals surface area contributed by atoms with Gasteiger partial charge in [0.25, 0.3) is 0 Å². The lowest BCUT2D eigenvalue weighted by Crippen LogP contribution is -2.38. The van der Waals surface area contributed by atoms with Crippen molar-refractivity contribution in [2.75, 3.05) is 25.6 Å². The molecular formula is C15H17ClO6S. The van der Waals surface area contributed by atoms with E-state index >= 15 is 0 Å². The molecule has 2 heterocycles. The van der Waals surface area contributed by atoms with Crippen LogP contribution in [0.5, 0.6) is 0 Å². The molecule has 1 spiro atoms. The number of halogens is 1. The quantitative estimate of drug-likeness (QED) is 0.752. The second kappa shape index (κ2) is 5.73. The van der Waals surface area contributed by atoms with E-state index in [0.717, 1.165) is 0 Å². The molecule has 0 saturated carbocycles. The summed E-state index contributed by atoms with van der Waals surface area (Å²) in [6.45, 7) is 4.29. The Morgan fingerprint density at radius 2 is 2.04 bits per heavy atom.